The van der Waals surface area contributed by atoms with Crippen molar-refractivity contribution in [3.05, 3.63) is 96.8 Å². The van der Waals surface area contributed by atoms with E-state index in [0.29, 0.717) is 10.7 Å². The fraction of sp³-hybridized carbons (Fsp3) is 0.0417. The van der Waals surface area contributed by atoms with E-state index in [1.165, 1.54) is 41.6 Å². The lowest BCUT2D eigenvalue weighted by atomic mass is 10.0. The molecule has 1 aromatic heterocycles. The Morgan fingerprint density at radius 2 is 1.43 bits per heavy atom. The van der Waals surface area contributed by atoms with Gasteiger partial charge in [-0.05, 0) is 47.5 Å². The quantitative estimate of drug-likeness (QED) is 0.412. The number of carbonyl (C=O) groups excluding carboxylic acids is 1. The minimum Gasteiger partial charge on any atom is -0.325 e. The molecule has 6 heteroatoms. The third-order valence-electron chi connectivity index (χ3n) is 4.41. The van der Waals surface area contributed by atoms with E-state index in [1.54, 1.807) is 0 Å². The number of rotatable bonds is 6. The van der Waals surface area contributed by atoms with E-state index < -0.39 is 0 Å². The van der Waals surface area contributed by atoms with Crippen LogP contribution in [0.5, 0.6) is 0 Å². The van der Waals surface area contributed by atoms with E-state index in [2.05, 4.69) is 39.8 Å². The van der Waals surface area contributed by atoms with Crippen LogP contribution in [0.15, 0.2) is 96.0 Å². The summed E-state index contributed by atoms with van der Waals surface area (Å²) < 4.78 is 12.9. The summed E-state index contributed by atoms with van der Waals surface area (Å²) in [4.78, 5) is 12.0. The van der Waals surface area contributed by atoms with Gasteiger partial charge in [0.05, 0.1) is 11.4 Å². The molecule has 0 radical (unpaired) electrons. The van der Waals surface area contributed by atoms with Gasteiger partial charge in [0.1, 0.15) is 10.8 Å². The van der Waals surface area contributed by atoms with Gasteiger partial charge in [-0.25, -0.2) is 4.39 Å². The van der Waals surface area contributed by atoms with Crippen LogP contribution in [0.4, 0.5) is 10.1 Å². The predicted octanol–water partition coefficient (Wildman–Crippen LogP) is 5.68. The summed E-state index contributed by atoms with van der Waals surface area (Å²) in [5.74, 6) is -0.335. The maximum absolute atomic E-state index is 12.9. The number of anilines is 1. The number of thioether (sulfide) groups is 1. The molecule has 0 aliphatic rings. The molecule has 0 saturated heterocycles. The Balaban J connectivity index is 1.34. The Morgan fingerprint density at radius 3 is 2.10 bits per heavy atom. The first kappa shape index (κ1) is 19.8. The van der Waals surface area contributed by atoms with Crippen molar-refractivity contribution in [2.24, 2.45) is 0 Å². The topological polar surface area (TPSA) is 54.9 Å². The molecule has 30 heavy (non-hydrogen) atoms. The van der Waals surface area contributed by atoms with Crippen LogP contribution in [0.25, 0.3) is 22.4 Å². The summed E-state index contributed by atoms with van der Waals surface area (Å²) >= 11 is 1.29. The highest BCUT2D eigenvalue weighted by Gasteiger charge is 2.07. The lowest BCUT2D eigenvalue weighted by Gasteiger charge is -2.06. The van der Waals surface area contributed by atoms with Gasteiger partial charge in [0.15, 0.2) is 0 Å². The number of benzene rings is 3. The average Bonchev–Trinajstić information content (AvgIpc) is 2.80. The highest BCUT2D eigenvalue weighted by molar-refractivity contribution is 7.99. The Labute approximate surface area is 178 Å². The summed E-state index contributed by atoms with van der Waals surface area (Å²) in [5, 5.41) is 11.9. The van der Waals surface area contributed by atoms with Crippen LogP contribution in [0, 0.1) is 5.82 Å². The van der Waals surface area contributed by atoms with E-state index >= 15 is 0 Å². The zero-order valence-electron chi connectivity index (χ0n) is 16.0. The molecule has 0 spiro atoms. The molecule has 0 bridgehead atoms. The molecule has 3 aromatic carbocycles. The monoisotopic (exact) mass is 415 g/mol. The molecule has 4 aromatic rings. The minimum absolute atomic E-state index is 0.186. The van der Waals surface area contributed by atoms with E-state index in [0.717, 1.165) is 16.8 Å². The molecule has 1 amide bonds. The van der Waals surface area contributed by atoms with Gasteiger partial charge < -0.3 is 5.32 Å². The summed E-state index contributed by atoms with van der Waals surface area (Å²) in [6.45, 7) is 0. The first-order chi connectivity index (χ1) is 14.7. The lowest BCUT2D eigenvalue weighted by molar-refractivity contribution is -0.113. The molecule has 0 atom stereocenters. The fourth-order valence-electron chi connectivity index (χ4n) is 2.88. The molecule has 148 valence electrons. The summed E-state index contributed by atoms with van der Waals surface area (Å²) in [6.07, 6.45) is 0. The van der Waals surface area contributed by atoms with Crippen molar-refractivity contribution in [3.63, 3.8) is 0 Å². The smallest absolute Gasteiger partial charge is 0.234 e. The lowest BCUT2D eigenvalue weighted by Crippen LogP contribution is -2.14. The number of halogens is 1. The molecule has 1 N–H and O–H groups in total. The van der Waals surface area contributed by atoms with Gasteiger partial charge >= 0.3 is 0 Å². The first-order valence-corrected chi connectivity index (χ1v) is 10.3. The van der Waals surface area contributed by atoms with Crippen molar-refractivity contribution in [2.75, 3.05) is 11.1 Å². The van der Waals surface area contributed by atoms with E-state index in [9.17, 15) is 9.18 Å². The second kappa shape index (κ2) is 9.33. The van der Waals surface area contributed by atoms with Crippen LogP contribution in [-0.2, 0) is 4.79 Å². The molecule has 0 fully saturated rings. The number of aromatic nitrogens is 2. The van der Waals surface area contributed by atoms with Gasteiger partial charge in [-0.15, -0.1) is 10.2 Å². The van der Waals surface area contributed by atoms with Crippen molar-refractivity contribution in [2.45, 2.75) is 5.03 Å². The second-order valence-corrected chi connectivity index (χ2v) is 7.54. The van der Waals surface area contributed by atoms with Crippen molar-refractivity contribution in [1.82, 2.24) is 10.2 Å². The standard InChI is InChI=1S/C24H18FN3OS/c25-20-10-12-21(13-11-20)26-23(29)16-30-24-15-14-22(27-28-24)19-8-6-18(7-9-19)17-4-2-1-3-5-17/h1-15H,16H2,(H,26,29). The molecule has 0 aliphatic heterocycles. The van der Waals surface area contributed by atoms with Crippen LogP contribution in [0.1, 0.15) is 0 Å². The van der Waals surface area contributed by atoms with Crippen molar-refractivity contribution < 1.29 is 9.18 Å². The molecular weight excluding hydrogens is 397 g/mol. The molecule has 0 saturated carbocycles. The van der Waals surface area contributed by atoms with Gasteiger partial charge in [-0.3, -0.25) is 4.79 Å². The zero-order chi connectivity index (χ0) is 20.8. The number of nitrogens with one attached hydrogen (secondary N) is 1. The van der Waals surface area contributed by atoms with Gasteiger partial charge in [-0.1, -0.05) is 66.4 Å². The van der Waals surface area contributed by atoms with Crippen LogP contribution >= 0.6 is 11.8 Å². The van der Waals surface area contributed by atoms with Crippen LogP contribution in [0.3, 0.4) is 0 Å². The summed E-state index contributed by atoms with van der Waals surface area (Å²) in [7, 11) is 0. The molecule has 0 unspecified atom stereocenters. The second-order valence-electron chi connectivity index (χ2n) is 6.54. The zero-order valence-corrected chi connectivity index (χ0v) is 16.8. The SMILES string of the molecule is O=C(CSc1ccc(-c2ccc(-c3ccccc3)cc2)nn1)Nc1ccc(F)cc1. The van der Waals surface area contributed by atoms with Crippen molar-refractivity contribution in [1.29, 1.82) is 0 Å². The Morgan fingerprint density at radius 1 is 0.767 bits per heavy atom. The molecule has 4 rings (SSSR count). The third kappa shape index (κ3) is 5.10. The number of amides is 1. The van der Waals surface area contributed by atoms with Gasteiger partial charge in [0.25, 0.3) is 0 Å². The highest BCUT2D eigenvalue weighted by Crippen LogP contribution is 2.24. The van der Waals surface area contributed by atoms with E-state index in [-0.39, 0.29) is 17.5 Å². The molecule has 0 aliphatic carbocycles. The van der Waals surface area contributed by atoms with Crippen LogP contribution in [-0.4, -0.2) is 21.9 Å². The highest BCUT2D eigenvalue weighted by atomic mass is 32.2. The van der Waals surface area contributed by atoms with Crippen molar-refractivity contribution in [3.8, 4) is 22.4 Å². The average molecular weight is 415 g/mol. The first-order valence-electron chi connectivity index (χ1n) is 9.35. The number of hydrogen-bond acceptors (Lipinski definition) is 4. The number of hydrogen-bond donors (Lipinski definition) is 1. The van der Waals surface area contributed by atoms with E-state index in [1.807, 2.05) is 42.5 Å². The summed E-state index contributed by atoms with van der Waals surface area (Å²) in [6, 6.07) is 27.8. The maximum Gasteiger partial charge on any atom is 0.234 e. The largest absolute Gasteiger partial charge is 0.325 e. The maximum atomic E-state index is 12.9. The number of carbonyl (C=O) groups is 1. The molecular formula is C24H18FN3OS. The molecule has 4 nitrogen and oxygen atoms in total. The van der Waals surface area contributed by atoms with Gasteiger partial charge in [-0.2, -0.15) is 0 Å². The minimum atomic E-state index is -0.340. The molecule has 1 heterocycles. The van der Waals surface area contributed by atoms with Gasteiger partial charge in [0.2, 0.25) is 5.91 Å². The summed E-state index contributed by atoms with van der Waals surface area (Å²) in [5.41, 5.74) is 4.62. The van der Waals surface area contributed by atoms with Crippen molar-refractivity contribution >= 4 is 23.4 Å². The fourth-order valence-corrected chi connectivity index (χ4v) is 3.50. The van der Waals surface area contributed by atoms with E-state index in [4.69, 9.17) is 0 Å². The van der Waals surface area contributed by atoms with Crippen LogP contribution in [0.2, 0.25) is 0 Å². The Kier molecular flexibility index (Phi) is 6.15. The van der Waals surface area contributed by atoms with Crippen LogP contribution < -0.4 is 5.32 Å². The Bertz CT molecular complexity index is 1120. The normalized spacial score (nSPS) is 10.6. The Hall–Kier alpha value is -3.51. The predicted molar refractivity (Wildman–Crippen MR) is 119 cm³/mol. The third-order valence-corrected chi connectivity index (χ3v) is 5.33. The van der Waals surface area contributed by atoms with Gasteiger partial charge in [0, 0.05) is 11.3 Å². The number of nitrogens with zero attached hydrogens (tertiary/aromatic N) is 2.